The fraction of sp³-hybridized carbons (Fsp3) is 0.167. The molecule has 0 saturated carbocycles. The molecule has 0 atom stereocenters. The summed E-state index contributed by atoms with van der Waals surface area (Å²) in [5, 5.41) is 29.5. The van der Waals surface area contributed by atoms with Gasteiger partial charge in [-0.2, -0.15) is 0 Å². The minimum absolute atomic E-state index is 0.0263. The third-order valence-corrected chi connectivity index (χ3v) is 3.83. The van der Waals surface area contributed by atoms with E-state index >= 15 is 0 Å². The molecule has 5 nitrogen and oxygen atoms in total. The third-order valence-electron chi connectivity index (χ3n) is 3.83. The molecule has 118 valence electrons. The van der Waals surface area contributed by atoms with E-state index in [1.54, 1.807) is 25.1 Å². The quantitative estimate of drug-likeness (QED) is 0.511. The SMILES string of the molecule is CC(=CCc1c(O)ccc2oc3cccc(O)c3c(=O)c12)CO. The van der Waals surface area contributed by atoms with Gasteiger partial charge in [0.05, 0.1) is 12.0 Å². The summed E-state index contributed by atoms with van der Waals surface area (Å²) < 4.78 is 5.70. The van der Waals surface area contributed by atoms with Gasteiger partial charge in [0.15, 0.2) is 0 Å². The first-order valence-corrected chi connectivity index (χ1v) is 7.18. The molecule has 3 rings (SSSR count). The molecule has 5 heteroatoms. The van der Waals surface area contributed by atoms with Gasteiger partial charge in [-0.1, -0.05) is 17.7 Å². The van der Waals surface area contributed by atoms with E-state index in [-0.39, 0.29) is 40.7 Å². The molecule has 3 aromatic rings. The van der Waals surface area contributed by atoms with Crippen molar-refractivity contribution in [2.45, 2.75) is 13.3 Å². The second-order valence-corrected chi connectivity index (χ2v) is 5.43. The van der Waals surface area contributed by atoms with Crippen LogP contribution in [0.1, 0.15) is 12.5 Å². The van der Waals surface area contributed by atoms with E-state index in [4.69, 9.17) is 9.52 Å². The van der Waals surface area contributed by atoms with Gasteiger partial charge >= 0.3 is 0 Å². The number of benzene rings is 2. The van der Waals surface area contributed by atoms with Crippen LogP contribution in [0.3, 0.4) is 0 Å². The Kier molecular flexibility index (Phi) is 3.80. The highest BCUT2D eigenvalue weighted by atomic mass is 16.3. The molecule has 0 saturated heterocycles. The number of allylic oxidation sites excluding steroid dienone is 1. The fourth-order valence-electron chi connectivity index (χ4n) is 2.57. The smallest absolute Gasteiger partial charge is 0.204 e. The average Bonchev–Trinajstić information content (AvgIpc) is 2.54. The summed E-state index contributed by atoms with van der Waals surface area (Å²) >= 11 is 0. The van der Waals surface area contributed by atoms with E-state index < -0.39 is 0 Å². The minimum Gasteiger partial charge on any atom is -0.508 e. The second kappa shape index (κ2) is 5.78. The Bertz CT molecular complexity index is 982. The summed E-state index contributed by atoms with van der Waals surface area (Å²) in [7, 11) is 0. The van der Waals surface area contributed by atoms with Crippen LogP contribution in [0.4, 0.5) is 0 Å². The third kappa shape index (κ3) is 2.55. The van der Waals surface area contributed by atoms with E-state index in [9.17, 15) is 15.0 Å². The molecule has 2 aromatic carbocycles. The highest BCUT2D eigenvalue weighted by Crippen LogP contribution is 2.30. The summed E-state index contributed by atoms with van der Waals surface area (Å²) in [6.45, 7) is 1.66. The molecule has 1 aromatic heterocycles. The van der Waals surface area contributed by atoms with Crippen LogP contribution in [-0.4, -0.2) is 21.9 Å². The van der Waals surface area contributed by atoms with Gasteiger partial charge in [-0.3, -0.25) is 4.79 Å². The van der Waals surface area contributed by atoms with Gasteiger partial charge in [0, 0.05) is 5.56 Å². The zero-order valence-electron chi connectivity index (χ0n) is 12.5. The molecule has 0 radical (unpaired) electrons. The predicted octanol–water partition coefficient (Wildman–Crippen LogP) is 2.84. The first-order valence-electron chi connectivity index (χ1n) is 7.18. The zero-order chi connectivity index (χ0) is 16.6. The lowest BCUT2D eigenvalue weighted by molar-refractivity contribution is 0.331. The Balaban J connectivity index is 2.38. The van der Waals surface area contributed by atoms with Crippen molar-refractivity contribution in [3.05, 3.63) is 57.8 Å². The molecule has 0 aliphatic rings. The van der Waals surface area contributed by atoms with E-state index in [1.807, 2.05) is 0 Å². The van der Waals surface area contributed by atoms with E-state index in [0.29, 0.717) is 16.7 Å². The van der Waals surface area contributed by atoms with Gasteiger partial charge in [0.2, 0.25) is 5.43 Å². The van der Waals surface area contributed by atoms with Crippen molar-refractivity contribution in [3.63, 3.8) is 0 Å². The molecule has 23 heavy (non-hydrogen) atoms. The maximum atomic E-state index is 12.8. The molecule has 1 heterocycles. The highest BCUT2D eigenvalue weighted by Gasteiger charge is 2.16. The molecule has 0 aliphatic heterocycles. The number of fused-ring (bicyclic) bond motifs is 2. The predicted molar refractivity (Wildman–Crippen MR) is 87.9 cm³/mol. The molecule has 0 aliphatic carbocycles. The molecular formula is C18H16O5. The lowest BCUT2D eigenvalue weighted by atomic mass is 10.0. The van der Waals surface area contributed by atoms with Gasteiger partial charge in [0.25, 0.3) is 0 Å². The maximum Gasteiger partial charge on any atom is 0.204 e. The summed E-state index contributed by atoms with van der Waals surface area (Å²) in [4.78, 5) is 12.8. The van der Waals surface area contributed by atoms with Crippen molar-refractivity contribution in [2.24, 2.45) is 0 Å². The Morgan fingerprint density at radius 1 is 1.09 bits per heavy atom. The highest BCUT2D eigenvalue weighted by molar-refractivity contribution is 5.95. The van der Waals surface area contributed by atoms with Crippen molar-refractivity contribution in [1.82, 2.24) is 0 Å². The molecule has 0 spiro atoms. The molecule has 0 amide bonds. The Labute approximate surface area is 131 Å². The number of hydrogen-bond donors (Lipinski definition) is 3. The molecule has 0 fully saturated rings. The zero-order valence-corrected chi connectivity index (χ0v) is 12.5. The second-order valence-electron chi connectivity index (χ2n) is 5.43. The van der Waals surface area contributed by atoms with Gasteiger partial charge < -0.3 is 19.7 Å². The number of hydrogen-bond acceptors (Lipinski definition) is 5. The molecular weight excluding hydrogens is 296 g/mol. The number of phenolic OH excluding ortho intramolecular Hbond substituents is 2. The number of aromatic hydroxyl groups is 2. The van der Waals surface area contributed by atoms with Crippen molar-refractivity contribution >= 4 is 21.9 Å². The van der Waals surface area contributed by atoms with Crippen molar-refractivity contribution in [3.8, 4) is 11.5 Å². The summed E-state index contributed by atoms with van der Waals surface area (Å²) in [5.41, 5.74) is 1.39. The van der Waals surface area contributed by atoms with Gasteiger partial charge in [-0.15, -0.1) is 0 Å². The number of rotatable bonds is 3. The molecule has 0 bridgehead atoms. The first kappa shape index (κ1) is 15.1. The first-order chi connectivity index (χ1) is 11.0. The van der Waals surface area contributed by atoms with Crippen molar-refractivity contribution < 1.29 is 19.7 Å². The summed E-state index contributed by atoms with van der Waals surface area (Å²) in [5.74, 6) is -0.184. The van der Waals surface area contributed by atoms with Gasteiger partial charge in [0.1, 0.15) is 28.1 Å². The number of aliphatic hydroxyl groups is 1. The lowest BCUT2D eigenvalue weighted by Gasteiger charge is -2.09. The Morgan fingerprint density at radius 3 is 2.57 bits per heavy atom. The van der Waals surface area contributed by atoms with Crippen LogP contribution in [0.15, 0.2) is 51.2 Å². The molecule has 3 N–H and O–H groups in total. The van der Waals surface area contributed by atoms with Crippen LogP contribution in [0.25, 0.3) is 21.9 Å². The van der Waals surface area contributed by atoms with Crippen LogP contribution in [0, 0.1) is 0 Å². The van der Waals surface area contributed by atoms with Gasteiger partial charge in [-0.05, 0) is 37.6 Å². The van der Waals surface area contributed by atoms with E-state index in [2.05, 4.69) is 0 Å². The molecule has 0 unspecified atom stereocenters. The van der Waals surface area contributed by atoms with Crippen LogP contribution in [-0.2, 0) is 6.42 Å². The maximum absolute atomic E-state index is 12.8. The average molecular weight is 312 g/mol. The minimum atomic E-state index is -0.389. The summed E-state index contributed by atoms with van der Waals surface area (Å²) in [6, 6.07) is 7.63. The fourth-order valence-corrected chi connectivity index (χ4v) is 2.57. The largest absolute Gasteiger partial charge is 0.508 e. The van der Waals surface area contributed by atoms with Crippen LogP contribution >= 0.6 is 0 Å². The topological polar surface area (TPSA) is 90.9 Å². The van der Waals surface area contributed by atoms with Crippen LogP contribution in [0.5, 0.6) is 11.5 Å². The number of aliphatic hydroxyl groups excluding tert-OH is 1. The Morgan fingerprint density at radius 2 is 1.83 bits per heavy atom. The van der Waals surface area contributed by atoms with Crippen LogP contribution < -0.4 is 5.43 Å². The van der Waals surface area contributed by atoms with Gasteiger partial charge in [-0.25, -0.2) is 0 Å². The lowest BCUT2D eigenvalue weighted by Crippen LogP contribution is -2.06. The number of phenols is 2. The van der Waals surface area contributed by atoms with Crippen molar-refractivity contribution in [2.75, 3.05) is 6.61 Å². The standard InChI is InChI=1S/C18H16O5/c1-10(9-19)5-6-11-12(20)7-8-15-16(11)18(22)17-13(21)3-2-4-14(17)23-15/h2-5,7-8,19-21H,6,9H2,1H3. The normalized spacial score (nSPS) is 12.2. The van der Waals surface area contributed by atoms with Crippen molar-refractivity contribution in [1.29, 1.82) is 0 Å². The summed E-state index contributed by atoms with van der Waals surface area (Å²) in [6.07, 6.45) is 2.02. The Hall–Kier alpha value is -2.79. The monoisotopic (exact) mass is 312 g/mol. The van der Waals surface area contributed by atoms with E-state index in [1.165, 1.54) is 18.2 Å². The van der Waals surface area contributed by atoms with E-state index in [0.717, 1.165) is 5.57 Å². The van der Waals surface area contributed by atoms with Crippen LogP contribution in [0.2, 0.25) is 0 Å².